The molecule has 2 N–H and O–H groups in total. The fourth-order valence-corrected chi connectivity index (χ4v) is 3.19. The van der Waals surface area contributed by atoms with E-state index in [1.807, 2.05) is 0 Å². The molecule has 1 aromatic rings. The van der Waals surface area contributed by atoms with Crippen LogP contribution in [0.4, 0.5) is 0 Å². The van der Waals surface area contributed by atoms with Crippen molar-refractivity contribution in [2.75, 3.05) is 27.2 Å². The highest BCUT2D eigenvalue weighted by Crippen LogP contribution is 2.19. The van der Waals surface area contributed by atoms with Crippen LogP contribution in [0.15, 0.2) is 5.38 Å². The largest absolute Gasteiger partial charge is 0.348 e. The van der Waals surface area contributed by atoms with Gasteiger partial charge in [0.25, 0.3) is 0 Å². The molecule has 0 spiro atoms. The van der Waals surface area contributed by atoms with E-state index in [0.29, 0.717) is 18.4 Å². The lowest BCUT2D eigenvalue weighted by molar-refractivity contribution is -0.127. The topological polar surface area (TPSA) is 62.5 Å². The molecule has 0 radical (unpaired) electrons. The van der Waals surface area contributed by atoms with Gasteiger partial charge in [0.15, 0.2) is 0 Å². The summed E-state index contributed by atoms with van der Waals surface area (Å²) in [4.78, 5) is 20.2. The van der Waals surface area contributed by atoms with E-state index in [2.05, 4.69) is 22.2 Å². The van der Waals surface area contributed by atoms with Gasteiger partial charge in [0.1, 0.15) is 5.01 Å². The van der Waals surface area contributed by atoms with Gasteiger partial charge in [0.05, 0.1) is 12.1 Å². The number of likely N-dealkylation sites (tertiary alicyclic amines) is 1. The van der Waals surface area contributed by atoms with Gasteiger partial charge in [0.2, 0.25) is 5.91 Å². The van der Waals surface area contributed by atoms with Gasteiger partial charge < -0.3 is 10.6 Å². The van der Waals surface area contributed by atoms with Crippen LogP contribution in [0, 0.1) is 5.92 Å². The molecule has 20 heavy (non-hydrogen) atoms. The number of carbonyl (C=O) groups excluding carboxylic acids is 1. The third-order valence-electron chi connectivity index (χ3n) is 3.84. The number of nitrogens with zero attached hydrogens (tertiary/aromatic N) is 3. The van der Waals surface area contributed by atoms with Gasteiger partial charge in [-0.1, -0.05) is 6.92 Å². The average molecular weight is 296 g/mol. The quantitative estimate of drug-likeness (QED) is 0.898. The van der Waals surface area contributed by atoms with Crippen LogP contribution in [0.3, 0.4) is 0 Å². The first-order valence-corrected chi connectivity index (χ1v) is 7.95. The Hall–Kier alpha value is -0.980. The highest BCUT2D eigenvalue weighted by molar-refractivity contribution is 7.09. The Kier molecular flexibility index (Phi) is 5.12. The van der Waals surface area contributed by atoms with Gasteiger partial charge >= 0.3 is 0 Å². The van der Waals surface area contributed by atoms with E-state index in [4.69, 9.17) is 5.73 Å². The van der Waals surface area contributed by atoms with Crippen molar-refractivity contribution >= 4 is 17.2 Å². The zero-order valence-corrected chi connectivity index (χ0v) is 13.3. The molecule has 0 bridgehead atoms. The lowest BCUT2D eigenvalue weighted by atomic mass is 9.95. The zero-order valence-electron chi connectivity index (χ0n) is 12.5. The molecule has 2 rings (SSSR count). The number of carbonyl (C=O) groups is 1. The van der Waals surface area contributed by atoms with Crippen molar-refractivity contribution in [2.24, 2.45) is 11.7 Å². The lowest BCUT2D eigenvalue weighted by Crippen LogP contribution is -2.45. The normalized spacial score (nSPS) is 23.8. The van der Waals surface area contributed by atoms with E-state index < -0.39 is 0 Å². The van der Waals surface area contributed by atoms with E-state index in [9.17, 15) is 4.79 Å². The van der Waals surface area contributed by atoms with Crippen LogP contribution in [0.2, 0.25) is 0 Å². The van der Waals surface area contributed by atoms with Crippen LogP contribution in [-0.4, -0.2) is 53.9 Å². The minimum atomic E-state index is 0.100. The summed E-state index contributed by atoms with van der Waals surface area (Å²) < 4.78 is 0. The number of hydrogen-bond acceptors (Lipinski definition) is 5. The van der Waals surface area contributed by atoms with Crippen LogP contribution < -0.4 is 5.73 Å². The second-order valence-corrected chi connectivity index (χ2v) is 6.81. The van der Waals surface area contributed by atoms with Gasteiger partial charge in [-0.3, -0.25) is 9.69 Å². The third-order valence-corrected chi connectivity index (χ3v) is 4.74. The first-order chi connectivity index (χ1) is 9.45. The van der Waals surface area contributed by atoms with E-state index in [1.54, 1.807) is 30.3 Å². The third kappa shape index (κ3) is 4.01. The van der Waals surface area contributed by atoms with Crippen molar-refractivity contribution in [1.29, 1.82) is 0 Å². The number of aromatic nitrogens is 1. The summed E-state index contributed by atoms with van der Waals surface area (Å²) in [7, 11) is 3.55. The van der Waals surface area contributed by atoms with Crippen molar-refractivity contribution in [3.63, 3.8) is 0 Å². The Labute approximate surface area is 124 Å². The SMILES string of the molecule is CC1CN(Cc2csc(CC(=O)N(C)C)n2)CCC1N. The molecule has 2 unspecified atom stereocenters. The summed E-state index contributed by atoms with van der Waals surface area (Å²) in [5.41, 5.74) is 7.11. The van der Waals surface area contributed by atoms with E-state index in [1.165, 1.54) is 0 Å². The van der Waals surface area contributed by atoms with Gasteiger partial charge in [-0.2, -0.15) is 0 Å². The van der Waals surface area contributed by atoms with Crippen LogP contribution in [0.25, 0.3) is 0 Å². The molecule has 112 valence electrons. The van der Waals surface area contributed by atoms with Crippen LogP contribution in [0.1, 0.15) is 24.0 Å². The second kappa shape index (κ2) is 6.65. The van der Waals surface area contributed by atoms with Gasteiger partial charge in [0, 0.05) is 45.2 Å². The first kappa shape index (κ1) is 15.4. The second-order valence-electron chi connectivity index (χ2n) is 5.86. The molecular weight excluding hydrogens is 272 g/mol. The van der Waals surface area contributed by atoms with Gasteiger partial charge in [-0.15, -0.1) is 11.3 Å². The van der Waals surface area contributed by atoms with Crippen LogP contribution >= 0.6 is 11.3 Å². The molecule has 1 fully saturated rings. The molecule has 1 aromatic heterocycles. The Bertz CT molecular complexity index is 460. The molecule has 1 aliphatic heterocycles. The molecule has 1 saturated heterocycles. The highest BCUT2D eigenvalue weighted by Gasteiger charge is 2.23. The van der Waals surface area contributed by atoms with Crippen molar-refractivity contribution < 1.29 is 4.79 Å². The standard InChI is InChI=1S/C14H24N4OS/c1-10-7-18(5-4-12(10)15)8-11-9-20-13(16-11)6-14(19)17(2)3/h9-10,12H,4-8,15H2,1-3H3. The summed E-state index contributed by atoms with van der Waals surface area (Å²) in [5.74, 6) is 0.639. The molecule has 0 aromatic carbocycles. The maximum absolute atomic E-state index is 11.7. The van der Waals surface area contributed by atoms with Crippen molar-refractivity contribution in [3.05, 3.63) is 16.1 Å². The molecular formula is C14H24N4OS. The number of likely N-dealkylation sites (N-methyl/N-ethyl adjacent to an activating group) is 1. The number of hydrogen-bond donors (Lipinski definition) is 1. The Morgan fingerprint density at radius 3 is 3.00 bits per heavy atom. The van der Waals surface area contributed by atoms with Crippen molar-refractivity contribution in [1.82, 2.24) is 14.8 Å². The molecule has 1 amide bonds. The number of amides is 1. The summed E-state index contributed by atoms with van der Waals surface area (Å²) in [5, 5.41) is 2.97. The summed E-state index contributed by atoms with van der Waals surface area (Å²) in [6, 6.07) is 0.329. The maximum atomic E-state index is 11.7. The van der Waals surface area contributed by atoms with Gasteiger partial charge in [-0.25, -0.2) is 4.98 Å². The minimum absolute atomic E-state index is 0.100. The molecule has 5 nitrogen and oxygen atoms in total. The minimum Gasteiger partial charge on any atom is -0.348 e. The summed E-state index contributed by atoms with van der Waals surface area (Å²) in [6.45, 7) is 5.14. The molecule has 2 heterocycles. The highest BCUT2D eigenvalue weighted by atomic mass is 32.1. The maximum Gasteiger partial charge on any atom is 0.228 e. The summed E-state index contributed by atoms with van der Waals surface area (Å²) in [6.07, 6.45) is 1.45. The predicted molar refractivity (Wildman–Crippen MR) is 81.5 cm³/mol. The fraction of sp³-hybridized carbons (Fsp3) is 0.714. The smallest absolute Gasteiger partial charge is 0.228 e. The van der Waals surface area contributed by atoms with E-state index >= 15 is 0 Å². The predicted octanol–water partition coefficient (Wildman–Crippen LogP) is 0.943. The van der Waals surface area contributed by atoms with Crippen LogP contribution in [0.5, 0.6) is 0 Å². The fourth-order valence-electron chi connectivity index (χ4n) is 2.41. The number of thiazole rings is 1. The van der Waals surface area contributed by atoms with Crippen molar-refractivity contribution in [2.45, 2.75) is 32.4 Å². The molecule has 0 saturated carbocycles. The number of piperidine rings is 1. The zero-order chi connectivity index (χ0) is 14.7. The molecule has 6 heteroatoms. The monoisotopic (exact) mass is 296 g/mol. The van der Waals surface area contributed by atoms with E-state index in [0.717, 1.165) is 36.8 Å². The first-order valence-electron chi connectivity index (χ1n) is 7.07. The Morgan fingerprint density at radius 2 is 2.35 bits per heavy atom. The van der Waals surface area contributed by atoms with Crippen molar-refractivity contribution in [3.8, 4) is 0 Å². The van der Waals surface area contributed by atoms with E-state index in [-0.39, 0.29) is 5.91 Å². The Balaban J connectivity index is 1.88. The molecule has 2 atom stereocenters. The Morgan fingerprint density at radius 1 is 1.60 bits per heavy atom. The summed E-state index contributed by atoms with van der Waals surface area (Å²) >= 11 is 1.58. The number of nitrogens with two attached hydrogens (primary N) is 1. The molecule has 0 aliphatic carbocycles. The molecule has 1 aliphatic rings. The van der Waals surface area contributed by atoms with Gasteiger partial charge in [-0.05, 0) is 12.3 Å². The number of rotatable bonds is 4. The van der Waals surface area contributed by atoms with Crippen LogP contribution in [-0.2, 0) is 17.8 Å². The lowest BCUT2D eigenvalue weighted by Gasteiger charge is -2.34. The average Bonchev–Trinajstić information content (AvgIpc) is 2.81.